The van der Waals surface area contributed by atoms with Gasteiger partial charge in [0.1, 0.15) is 11.6 Å². The fourth-order valence-electron chi connectivity index (χ4n) is 1.54. The molecule has 0 fully saturated rings. The Balaban J connectivity index is 2.45. The van der Waals surface area contributed by atoms with Crippen LogP contribution in [-0.2, 0) is 6.54 Å². The van der Waals surface area contributed by atoms with Crippen LogP contribution in [-0.4, -0.2) is 21.3 Å². The minimum atomic E-state index is -0.317. The molecule has 0 saturated heterocycles. The van der Waals surface area contributed by atoms with Gasteiger partial charge in [0.15, 0.2) is 0 Å². The maximum absolute atomic E-state index is 13.2. The van der Waals surface area contributed by atoms with Gasteiger partial charge in [0.2, 0.25) is 0 Å². The van der Waals surface area contributed by atoms with E-state index in [1.165, 1.54) is 12.1 Å². The van der Waals surface area contributed by atoms with Crippen molar-refractivity contribution in [3.8, 4) is 11.4 Å². The van der Waals surface area contributed by atoms with Crippen LogP contribution in [0.3, 0.4) is 0 Å². The molecule has 0 atom stereocenters. The molecule has 0 aliphatic rings. The highest BCUT2D eigenvalue weighted by atomic mass is 79.9. The summed E-state index contributed by atoms with van der Waals surface area (Å²) in [5.74, 6) is 0.331. The number of imidazole rings is 1. The topological polar surface area (TPSA) is 38.0 Å². The minimum absolute atomic E-state index is 0.0276. The highest BCUT2D eigenvalue weighted by molar-refractivity contribution is 9.10. The lowest BCUT2D eigenvalue weighted by molar-refractivity contribution is 0.276. The standard InChI is InChI=1S/C11H10BrFN2O/c12-9-5-8(6-10(13)7-9)11-14-1-2-15(11)3-4-16/h1-2,5-7,16H,3-4H2. The molecule has 0 bridgehead atoms. The molecule has 5 heteroatoms. The van der Waals surface area contributed by atoms with Crippen LogP contribution in [0.2, 0.25) is 0 Å². The number of halogens is 2. The van der Waals surface area contributed by atoms with Gasteiger partial charge in [-0.1, -0.05) is 15.9 Å². The van der Waals surface area contributed by atoms with E-state index >= 15 is 0 Å². The molecule has 3 nitrogen and oxygen atoms in total. The molecule has 1 aromatic heterocycles. The Bertz CT molecular complexity index is 478. The first-order valence-corrected chi connectivity index (χ1v) is 5.58. The predicted octanol–water partition coefficient (Wildman–Crippen LogP) is 2.44. The van der Waals surface area contributed by atoms with Crippen molar-refractivity contribution in [1.82, 2.24) is 9.55 Å². The average molecular weight is 285 g/mol. The van der Waals surface area contributed by atoms with Crippen molar-refractivity contribution in [2.45, 2.75) is 6.54 Å². The summed E-state index contributed by atoms with van der Waals surface area (Å²) in [4.78, 5) is 4.15. The van der Waals surface area contributed by atoms with E-state index in [0.29, 0.717) is 22.4 Å². The van der Waals surface area contributed by atoms with Crippen molar-refractivity contribution in [2.24, 2.45) is 0 Å². The Morgan fingerprint density at radius 1 is 1.38 bits per heavy atom. The van der Waals surface area contributed by atoms with E-state index in [0.717, 1.165) is 0 Å². The van der Waals surface area contributed by atoms with Crippen LogP contribution in [0.4, 0.5) is 4.39 Å². The number of hydrogen-bond acceptors (Lipinski definition) is 2. The van der Waals surface area contributed by atoms with Crippen molar-refractivity contribution in [3.63, 3.8) is 0 Å². The van der Waals surface area contributed by atoms with Crippen molar-refractivity contribution < 1.29 is 9.50 Å². The smallest absolute Gasteiger partial charge is 0.140 e. The summed E-state index contributed by atoms with van der Waals surface area (Å²) in [6.45, 7) is 0.476. The molecule has 0 amide bonds. The largest absolute Gasteiger partial charge is 0.395 e. The van der Waals surface area contributed by atoms with Crippen molar-refractivity contribution in [2.75, 3.05) is 6.61 Å². The number of benzene rings is 1. The molecule has 16 heavy (non-hydrogen) atoms. The molecule has 2 aromatic rings. The Labute approximate surface area is 101 Å². The fourth-order valence-corrected chi connectivity index (χ4v) is 2.01. The highest BCUT2D eigenvalue weighted by Gasteiger charge is 2.07. The Morgan fingerprint density at radius 2 is 2.19 bits per heavy atom. The van der Waals surface area contributed by atoms with Gasteiger partial charge in [-0.05, 0) is 18.2 Å². The van der Waals surface area contributed by atoms with Gasteiger partial charge in [0.25, 0.3) is 0 Å². The van der Waals surface area contributed by atoms with Crippen LogP contribution in [0.25, 0.3) is 11.4 Å². The average Bonchev–Trinajstić information content (AvgIpc) is 2.65. The summed E-state index contributed by atoms with van der Waals surface area (Å²) in [5.41, 5.74) is 0.685. The fraction of sp³-hybridized carbons (Fsp3) is 0.182. The lowest BCUT2D eigenvalue weighted by atomic mass is 10.2. The second kappa shape index (κ2) is 4.76. The third-order valence-corrected chi connectivity index (χ3v) is 2.63. The quantitative estimate of drug-likeness (QED) is 0.940. The lowest BCUT2D eigenvalue weighted by Crippen LogP contribution is -2.03. The SMILES string of the molecule is OCCn1ccnc1-c1cc(F)cc(Br)c1. The molecule has 84 valence electrons. The van der Waals surface area contributed by atoms with Crippen LogP contribution in [0, 0.1) is 5.82 Å². The van der Waals surface area contributed by atoms with Gasteiger partial charge >= 0.3 is 0 Å². The van der Waals surface area contributed by atoms with Gasteiger partial charge in [-0.25, -0.2) is 9.37 Å². The van der Waals surface area contributed by atoms with Gasteiger partial charge < -0.3 is 9.67 Å². The van der Waals surface area contributed by atoms with Gasteiger partial charge in [-0.15, -0.1) is 0 Å². The summed E-state index contributed by atoms with van der Waals surface area (Å²) in [6, 6.07) is 4.60. The van der Waals surface area contributed by atoms with E-state index in [1.807, 2.05) is 0 Å². The zero-order valence-electron chi connectivity index (χ0n) is 8.40. The maximum atomic E-state index is 13.2. The molecule has 1 heterocycles. The lowest BCUT2D eigenvalue weighted by Gasteiger charge is -2.06. The molecule has 1 aromatic carbocycles. The molecule has 0 radical (unpaired) electrons. The molecule has 0 unspecified atom stereocenters. The van der Waals surface area contributed by atoms with E-state index in [1.54, 1.807) is 23.0 Å². The third-order valence-electron chi connectivity index (χ3n) is 2.18. The monoisotopic (exact) mass is 284 g/mol. The summed E-state index contributed by atoms with van der Waals surface area (Å²) in [7, 11) is 0. The normalized spacial score (nSPS) is 10.7. The van der Waals surface area contributed by atoms with Crippen LogP contribution in [0.15, 0.2) is 35.1 Å². The third kappa shape index (κ3) is 2.31. The molecule has 0 spiro atoms. The number of aliphatic hydroxyl groups is 1. The van der Waals surface area contributed by atoms with Crippen molar-refractivity contribution in [3.05, 3.63) is 40.9 Å². The molecule has 2 rings (SSSR count). The van der Waals surface area contributed by atoms with Crippen LogP contribution in [0.1, 0.15) is 0 Å². The summed E-state index contributed by atoms with van der Waals surface area (Å²) in [6.07, 6.45) is 3.38. The zero-order chi connectivity index (χ0) is 11.5. The van der Waals surface area contributed by atoms with Crippen LogP contribution < -0.4 is 0 Å². The zero-order valence-corrected chi connectivity index (χ0v) is 9.98. The predicted molar refractivity (Wildman–Crippen MR) is 62.4 cm³/mol. The second-order valence-electron chi connectivity index (χ2n) is 3.33. The highest BCUT2D eigenvalue weighted by Crippen LogP contribution is 2.23. The summed E-state index contributed by atoms with van der Waals surface area (Å²) >= 11 is 3.24. The first-order chi connectivity index (χ1) is 7.70. The first-order valence-electron chi connectivity index (χ1n) is 4.79. The van der Waals surface area contributed by atoms with Gasteiger partial charge in [0, 0.05) is 29.0 Å². The molecule has 0 saturated carbocycles. The van der Waals surface area contributed by atoms with Gasteiger partial charge in [-0.2, -0.15) is 0 Å². The first kappa shape index (κ1) is 11.3. The number of nitrogens with zero attached hydrogens (tertiary/aromatic N) is 2. The van der Waals surface area contributed by atoms with Crippen molar-refractivity contribution >= 4 is 15.9 Å². The Morgan fingerprint density at radius 3 is 2.88 bits per heavy atom. The summed E-state index contributed by atoms with van der Waals surface area (Å²) in [5, 5.41) is 8.89. The van der Waals surface area contributed by atoms with E-state index in [-0.39, 0.29) is 12.4 Å². The molecule has 1 N–H and O–H groups in total. The molecule has 0 aliphatic carbocycles. The molecular weight excluding hydrogens is 275 g/mol. The minimum Gasteiger partial charge on any atom is -0.395 e. The second-order valence-corrected chi connectivity index (χ2v) is 4.24. The molecule has 0 aliphatic heterocycles. The number of aromatic nitrogens is 2. The van der Waals surface area contributed by atoms with Crippen LogP contribution in [0.5, 0.6) is 0 Å². The van der Waals surface area contributed by atoms with E-state index < -0.39 is 0 Å². The van der Waals surface area contributed by atoms with Crippen molar-refractivity contribution in [1.29, 1.82) is 0 Å². The summed E-state index contributed by atoms with van der Waals surface area (Å²) < 4.78 is 15.7. The number of hydrogen-bond donors (Lipinski definition) is 1. The molecular formula is C11H10BrFN2O. The number of rotatable bonds is 3. The van der Waals surface area contributed by atoms with Crippen LogP contribution >= 0.6 is 15.9 Å². The maximum Gasteiger partial charge on any atom is 0.140 e. The van der Waals surface area contributed by atoms with E-state index in [4.69, 9.17) is 5.11 Å². The van der Waals surface area contributed by atoms with E-state index in [9.17, 15) is 4.39 Å². The Hall–Kier alpha value is -1.20. The van der Waals surface area contributed by atoms with E-state index in [2.05, 4.69) is 20.9 Å². The van der Waals surface area contributed by atoms with Gasteiger partial charge in [-0.3, -0.25) is 0 Å². The Kier molecular flexibility index (Phi) is 3.36. The van der Waals surface area contributed by atoms with Gasteiger partial charge in [0.05, 0.1) is 6.61 Å². The number of aliphatic hydroxyl groups excluding tert-OH is 1.